The molecule has 83 valence electrons. The monoisotopic (exact) mass is 221 g/mol. The zero-order chi connectivity index (χ0) is 11.1. The summed E-state index contributed by atoms with van der Waals surface area (Å²) in [4.78, 5) is 0. The number of hydrogen-bond acceptors (Lipinski definition) is 3. The molecule has 0 saturated heterocycles. The van der Waals surface area contributed by atoms with Crippen molar-refractivity contribution in [3.8, 4) is 17.2 Å². The molecule has 0 amide bonds. The molecule has 1 aromatic carbocycles. The predicted octanol–water partition coefficient (Wildman–Crippen LogP) is 2.40. The molecule has 0 N–H and O–H groups in total. The first kappa shape index (κ1) is 11.5. The molecule has 0 spiro atoms. The Bertz CT molecular complexity index is 247. The van der Waals surface area contributed by atoms with Gasteiger partial charge in [0.05, 0.1) is 6.07 Å². The molecule has 3 nitrogen and oxygen atoms in total. The summed E-state index contributed by atoms with van der Waals surface area (Å²) < 4.78 is 48.9. The molecular formula is C9H8F3O3. The van der Waals surface area contributed by atoms with Crippen molar-refractivity contribution in [1.82, 2.24) is 0 Å². The van der Waals surface area contributed by atoms with Gasteiger partial charge in [0.15, 0.2) is 0 Å². The summed E-state index contributed by atoms with van der Waals surface area (Å²) in [6, 6.07) is 4.84. The lowest BCUT2D eigenvalue weighted by molar-refractivity contribution is 0.172. The van der Waals surface area contributed by atoms with Crippen LogP contribution in [0.1, 0.15) is 0 Å². The molecule has 0 aliphatic heterocycles. The Balaban J connectivity index is 2.86. The van der Waals surface area contributed by atoms with Crippen molar-refractivity contribution in [2.75, 3.05) is 20.6 Å². The molecule has 15 heavy (non-hydrogen) atoms. The molecule has 0 atom stereocenters. The minimum Gasteiger partial charge on any atom is -0.463 e. The molecule has 1 radical (unpaired) electrons. The van der Waals surface area contributed by atoms with Crippen molar-refractivity contribution in [3.63, 3.8) is 0 Å². The van der Waals surface area contributed by atoms with Crippen LogP contribution < -0.4 is 14.2 Å². The van der Waals surface area contributed by atoms with Crippen molar-refractivity contribution in [2.45, 2.75) is 0 Å². The Morgan fingerprint density at radius 2 is 1.33 bits per heavy atom. The van der Waals surface area contributed by atoms with Crippen molar-refractivity contribution in [3.05, 3.63) is 18.2 Å². The second-order valence-corrected chi connectivity index (χ2v) is 2.30. The van der Waals surface area contributed by atoms with E-state index in [-0.39, 0.29) is 17.2 Å². The number of ether oxygens (including phenoxy) is 3. The maximum atomic E-state index is 11.9. The Morgan fingerprint density at radius 3 is 1.73 bits per heavy atom. The number of hydrogen-bond donors (Lipinski definition) is 0. The first-order valence-corrected chi connectivity index (χ1v) is 3.93. The third-order valence-corrected chi connectivity index (χ3v) is 1.43. The zero-order valence-electron chi connectivity index (χ0n) is 7.63. The lowest BCUT2D eigenvalue weighted by Crippen LogP contribution is -1.97. The first-order valence-electron chi connectivity index (χ1n) is 3.93. The van der Waals surface area contributed by atoms with Gasteiger partial charge >= 0.3 is 0 Å². The molecule has 0 aliphatic carbocycles. The van der Waals surface area contributed by atoms with Gasteiger partial charge in [-0.2, -0.15) is 0 Å². The van der Waals surface area contributed by atoms with Gasteiger partial charge in [-0.3, -0.25) is 0 Å². The summed E-state index contributed by atoms with van der Waals surface area (Å²) in [6.45, 7) is -3.22. The SMILES string of the molecule is FCOc1[c]c(OCF)cc(OCF)c1. The van der Waals surface area contributed by atoms with Crippen molar-refractivity contribution in [1.29, 1.82) is 0 Å². The molecule has 0 aliphatic rings. The van der Waals surface area contributed by atoms with Crippen molar-refractivity contribution < 1.29 is 27.4 Å². The van der Waals surface area contributed by atoms with Gasteiger partial charge in [0.1, 0.15) is 17.2 Å². The van der Waals surface area contributed by atoms with Gasteiger partial charge in [-0.05, 0) is 0 Å². The van der Waals surface area contributed by atoms with Gasteiger partial charge in [-0.15, -0.1) is 0 Å². The molecule has 1 rings (SSSR count). The lowest BCUT2D eigenvalue weighted by atomic mass is 10.3. The van der Waals surface area contributed by atoms with Crippen LogP contribution in [0.2, 0.25) is 0 Å². The standard InChI is InChI=1S/C9H8F3O3/c10-4-13-7-1-8(14-5-11)3-9(2-7)15-6-12/h1-2H,4-6H2. The highest BCUT2D eigenvalue weighted by Gasteiger charge is 2.05. The third-order valence-electron chi connectivity index (χ3n) is 1.43. The number of halogens is 3. The van der Waals surface area contributed by atoms with E-state index >= 15 is 0 Å². The lowest BCUT2D eigenvalue weighted by Gasteiger charge is -2.08. The summed E-state index contributed by atoms with van der Waals surface area (Å²) in [7, 11) is 0. The Morgan fingerprint density at radius 1 is 0.867 bits per heavy atom. The molecule has 0 fully saturated rings. The van der Waals surface area contributed by atoms with Crippen LogP contribution in [0.15, 0.2) is 12.1 Å². The van der Waals surface area contributed by atoms with Gasteiger partial charge in [0.2, 0.25) is 20.6 Å². The van der Waals surface area contributed by atoms with Gasteiger partial charge < -0.3 is 14.2 Å². The van der Waals surface area contributed by atoms with E-state index in [1.54, 1.807) is 0 Å². The van der Waals surface area contributed by atoms with Crippen LogP contribution in [-0.4, -0.2) is 20.6 Å². The number of benzene rings is 1. The normalized spacial score (nSPS) is 9.80. The fourth-order valence-corrected chi connectivity index (χ4v) is 0.913. The van der Waals surface area contributed by atoms with Crippen LogP contribution in [-0.2, 0) is 0 Å². The molecule has 0 aromatic heterocycles. The van der Waals surface area contributed by atoms with Crippen molar-refractivity contribution in [2.24, 2.45) is 0 Å². The van der Waals surface area contributed by atoms with Gasteiger partial charge in [-0.25, -0.2) is 13.2 Å². The fraction of sp³-hybridized carbons (Fsp3) is 0.333. The van der Waals surface area contributed by atoms with Gasteiger partial charge in [0.25, 0.3) is 0 Å². The van der Waals surface area contributed by atoms with Crippen LogP contribution >= 0.6 is 0 Å². The van der Waals surface area contributed by atoms with Crippen molar-refractivity contribution >= 4 is 0 Å². The molecule has 0 unspecified atom stereocenters. The highest BCUT2D eigenvalue weighted by molar-refractivity contribution is 5.40. The van der Waals surface area contributed by atoms with E-state index in [9.17, 15) is 13.2 Å². The molecule has 0 saturated carbocycles. The highest BCUT2D eigenvalue weighted by atomic mass is 19.1. The van der Waals surface area contributed by atoms with Crippen LogP contribution in [0, 0.1) is 6.07 Å². The average Bonchev–Trinajstić information content (AvgIpc) is 2.19. The molecule has 0 bridgehead atoms. The largest absolute Gasteiger partial charge is 0.463 e. The minimum atomic E-state index is -1.08. The van der Waals surface area contributed by atoms with E-state index in [4.69, 9.17) is 0 Å². The minimum absolute atomic E-state index is 0.0446. The van der Waals surface area contributed by atoms with Gasteiger partial charge in [0, 0.05) is 12.1 Å². The van der Waals surface area contributed by atoms with E-state index < -0.39 is 20.6 Å². The summed E-state index contributed by atoms with van der Waals surface area (Å²) in [5, 5.41) is 0. The topological polar surface area (TPSA) is 27.7 Å². The van der Waals surface area contributed by atoms with E-state index in [1.165, 1.54) is 12.1 Å². The van der Waals surface area contributed by atoms with Crippen LogP contribution in [0.5, 0.6) is 17.2 Å². The van der Waals surface area contributed by atoms with Crippen LogP contribution in [0.25, 0.3) is 0 Å². The Kier molecular flexibility index (Phi) is 4.59. The summed E-state index contributed by atoms with van der Waals surface area (Å²) in [5.74, 6) is -0.0537. The highest BCUT2D eigenvalue weighted by Crippen LogP contribution is 2.27. The molecule has 1 aromatic rings. The van der Waals surface area contributed by atoms with E-state index in [1.807, 2.05) is 0 Å². The quantitative estimate of drug-likeness (QED) is 0.738. The first-order chi connectivity index (χ1) is 7.30. The summed E-state index contributed by atoms with van der Waals surface area (Å²) in [6.07, 6.45) is 0. The Labute approximate surface area is 84.4 Å². The van der Waals surface area contributed by atoms with Crippen LogP contribution in [0.4, 0.5) is 13.2 Å². The smallest absolute Gasteiger partial charge is 0.228 e. The van der Waals surface area contributed by atoms with Gasteiger partial charge in [-0.1, -0.05) is 0 Å². The predicted molar refractivity (Wildman–Crippen MR) is 45.1 cm³/mol. The summed E-state index contributed by atoms with van der Waals surface area (Å²) >= 11 is 0. The average molecular weight is 221 g/mol. The zero-order valence-corrected chi connectivity index (χ0v) is 7.63. The number of rotatable bonds is 6. The Hall–Kier alpha value is -1.59. The van der Waals surface area contributed by atoms with E-state index in [2.05, 4.69) is 20.3 Å². The molecule has 6 heteroatoms. The van der Waals surface area contributed by atoms with Crippen LogP contribution in [0.3, 0.4) is 0 Å². The maximum Gasteiger partial charge on any atom is 0.228 e. The fourth-order valence-electron chi connectivity index (χ4n) is 0.913. The third kappa shape index (κ3) is 3.57. The number of alkyl halides is 3. The van der Waals surface area contributed by atoms with E-state index in [0.717, 1.165) is 0 Å². The second kappa shape index (κ2) is 6.00. The van der Waals surface area contributed by atoms with E-state index in [0.29, 0.717) is 0 Å². The summed E-state index contributed by atoms with van der Waals surface area (Å²) in [5.41, 5.74) is 0. The second-order valence-electron chi connectivity index (χ2n) is 2.30. The molecule has 0 heterocycles. The maximum absolute atomic E-state index is 11.9. The molecular weight excluding hydrogens is 213 g/mol.